The van der Waals surface area contributed by atoms with Crippen LogP contribution in [0.15, 0.2) is 54.2 Å². The van der Waals surface area contributed by atoms with E-state index in [1.54, 1.807) is 24.3 Å². The fraction of sp³-hybridized carbons (Fsp3) is 0.0625. The van der Waals surface area contributed by atoms with Gasteiger partial charge in [0.15, 0.2) is 0 Å². The summed E-state index contributed by atoms with van der Waals surface area (Å²) >= 11 is 0. The fourth-order valence-corrected chi connectivity index (χ4v) is 2.09. The maximum atomic E-state index is 11.0. The summed E-state index contributed by atoms with van der Waals surface area (Å²) < 4.78 is 0. The molecule has 0 saturated carbocycles. The molecule has 0 aromatic heterocycles. The van der Waals surface area contributed by atoms with Crippen LogP contribution in [0.2, 0.25) is 0 Å². The number of aromatic hydroxyl groups is 1. The van der Waals surface area contributed by atoms with E-state index in [1.165, 1.54) is 12.3 Å². The molecule has 0 spiro atoms. The highest BCUT2D eigenvalue weighted by molar-refractivity contribution is 5.85. The van der Waals surface area contributed by atoms with Crippen molar-refractivity contribution in [1.29, 1.82) is 0 Å². The molecule has 0 bridgehead atoms. The number of non-ortho nitro benzene ring substituents is 1. The Morgan fingerprint density at radius 1 is 1.20 bits per heavy atom. The molecule has 9 nitrogen and oxygen atoms in total. The predicted octanol–water partition coefficient (Wildman–Crippen LogP) is 3.38. The van der Waals surface area contributed by atoms with Crippen LogP contribution >= 0.6 is 0 Å². The summed E-state index contributed by atoms with van der Waals surface area (Å²) in [5.74, 6) is 0.0335. The quantitative estimate of drug-likeness (QED) is 0.343. The smallest absolute Gasteiger partial charge is 0.301 e. The van der Waals surface area contributed by atoms with Crippen LogP contribution in [0.1, 0.15) is 11.1 Å². The van der Waals surface area contributed by atoms with Gasteiger partial charge in [0.05, 0.1) is 22.1 Å². The Morgan fingerprint density at radius 2 is 1.96 bits per heavy atom. The van der Waals surface area contributed by atoms with Crippen molar-refractivity contribution >= 4 is 23.3 Å². The molecule has 128 valence electrons. The number of hydrogen-bond donors (Lipinski definition) is 2. The van der Waals surface area contributed by atoms with Crippen molar-refractivity contribution < 1.29 is 15.0 Å². The largest absolute Gasteiger partial charge is 0.507 e. The second-order valence-corrected chi connectivity index (χ2v) is 4.93. The molecular formula is C16H14N4O5. The lowest BCUT2D eigenvalue weighted by atomic mass is 10.1. The van der Waals surface area contributed by atoms with Crippen molar-refractivity contribution in [2.75, 3.05) is 5.43 Å². The number of para-hydroxylation sites is 1. The van der Waals surface area contributed by atoms with Gasteiger partial charge in [-0.25, -0.2) is 0 Å². The fourth-order valence-electron chi connectivity index (χ4n) is 2.09. The van der Waals surface area contributed by atoms with Gasteiger partial charge in [0.2, 0.25) is 0 Å². The molecule has 2 aromatic rings. The van der Waals surface area contributed by atoms with Gasteiger partial charge in [0.1, 0.15) is 11.4 Å². The van der Waals surface area contributed by atoms with E-state index in [1.807, 2.05) is 0 Å². The summed E-state index contributed by atoms with van der Waals surface area (Å²) in [6.45, 7) is 3.61. The van der Waals surface area contributed by atoms with E-state index in [-0.39, 0.29) is 11.4 Å². The van der Waals surface area contributed by atoms with Gasteiger partial charge in [-0.1, -0.05) is 18.2 Å². The number of phenolic OH excluding ortho intramolecular Hbond substituents is 1. The van der Waals surface area contributed by atoms with Gasteiger partial charge < -0.3 is 5.11 Å². The van der Waals surface area contributed by atoms with E-state index in [0.29, 0.717) is 17.5 Å². The number of nitro benzene ring substituents is 2. The molecule has 2 N–H and O–H groups in total. The number of rotatable bonds is 7. The molecule has 0 aliphatic carbocycles. The second-order valence-electron chi connectivity index (χ2n) is 4.93. The first kappa shape index (κ1) is 17.6. The number of allylic oxidation sites excluding steroid dienone is 1. The van der Waals surface area contributed by atoms with Crippen molar-refractivity contribution in [3.05, 3.63) is 80.4 Å². The van der Waals surface area contributed by atoms with E-state index >= 15 is 0 Å². The zero-order valence-corrected chi connectivity index (χ0v) is 13.0. The van der Waals surface area contributed by atoms with Gasteiger partial charge in [-0.2, -0.15) is 5.10 Å². The summed E-state index contributed by atoms with van der Waals surface area (Å²) in [5.41, 5.74) is 2.67. The summed E-state index contributed by atoms with van der Waals surface area (Å²) in [4.78, 5) is 20.3. The maximum Gasteiger partial charge on any atom is 0.301 e. The second kappa shape index (κ2) is 7.68. The normalized spacial score (nSPS) is 10.6. The van der Waals surface area contributed by atoms with Crippen LogP contribution in [-0.4, -0.2) is 21.2 Å². The van der Waals surface area contributed by atoms with Crippen LogP contribution in [0.25, 0.3) is 0 Å². The number of anilines is 1. The minimum atomic E-state index is -0.743. The highest BCUT2D eigenvalue weighted by Crippen LogP contribution is 2.29. The summed E-state index contributed by atoms with van der Waals surface area (Å²) in [6, 6.07) is 8.27. The topological polar surface area (TPSA) is 131 Å². The third-order valence-electron chi connectivity index (χ3n) is 3.29. The number of hydrazone groups is 1. The summed E-state index contributed by atoms with van der Waals surface area (Å²) in [7, 11) is 0. The van der Waals surface area contributed by atoms with Crippen LogP contribution in [-0.2, 0) is 6.42 Å². The lowest BCUT2D eigenvalue weighted by Gasteiger charge is -2.05. The average Bonchev–Trinajstić information content (AvgIpc) is 2.58. The monoisotopic (exact) mass is 342 g/mol. The van der Waals surface area contributed by atoms with Crippen molar-refractivity contribution in [1.82, 2.24) is 0 Å². The Balaban J connectivity index is 2.25. The predicted molar refractivity (Wildman–Crippen MR) is 93.0 cm³/mol. The molecule has 25 heavy (non-hydrogen) atoms. The van der Waals surface area contributed by atoms with Crippen molar-refractivity contribution in [2.45, 2.75) is 6.42 Å². The van der Waals surface area contributed by atoms with E-state index in [2.05, 4.69) is 17.1 Å². The molecule has 0 heterocycles. The van der Waals surface area contributed by atoms with Crippen molar-refractivity contribution in [3.63, 3.8) is 0 Å². The van der Waals surface area contributed by atoms with E-state index in [4.69, 9.17) is 0 Å². The van der Waals surface area contributed by atoms with Gasteiger partial charge in [-0.15, -0.1) is 6.58 Å². The highest BCUT2D eigenvalue weighted by atomic mass is 16.6. The molecule has 0 fully saturated rings. The first-order valence-electron chi connectivity index (χ1n) is 7.07. The lowest BCUT2D eigenvalue weighted by Crippen LogP contribution is -1.99. The standard InChI is InChI=1S/C16H14N4O5/c1-2-4-11-5-3-6-12(16(11)21)10-17-18-14-8-7-13(19(22)23)9-15(14)20(24)25/h2-3,5-10,18,21H,1,4H2/b17-10+. The van der Waals surface area contributed by atoms with Gasteiger partial charge in [-0.05, 0) is 24.1 Å². The Hall–Kier alpha value is -3.75. The zero-order chi connectivity index (χ0) is 18.4. The van der Waals surface area contributed by atoms with E-state index in [9.17, 15) is 25.3 Å². The molecule has 0 aliphatic heterocycles. The van der Waals surface area contributed by atoms with Gasteiger partial charge in [0.25, 0.3) is 5.69 Å². The molecule has 0 radical (unpaired) electrons. The third-order valence-corrected chi connectivity index (χ3v) is 3.29. The SMILES string of the molecule is C=CCc1cccc(/C=N/Nc2ccc([N+](=O)[O-])cc2[N+](=O)[O-])c1O. The number of nitrogens with zero attached hydrogens (tertiary/aromatic N) is 3. The van der Waals surface area contributed by atoms with Crippen LogP contribution in [0, 0.1) is 20.2 Å². The van der Waals surface area contributed by atoms with Gasteiger partial charge in [-0.3, -0.25) is 25.7 Å². The first-order chi connectivity index (χ1) is 11.9. The van der Waals surface area contributed by atoms with Crippen LogP contribution in [0.4, 0.5) is 17.1 Å². The van der Waals surface area contributed by atoms with Gasteiger partial charge in [0, 0.05) is 11.6 Å². The Bertz CT molecular complexity index is 864. The third kappa shape index (κ3) is 4.16. The Labute approximate surface area is 142 Å². The first-order valence-corrected chi connectivity index (χ1v) is 7.07. The Morgan fingerprint density at radius 3 is 2.60 bits per heavy atom. The van der Waals surface area contributed by atoms with E-state index < -0.39 is 21.2 Å². The number of benzene rings is 2. The molecule has 2 aromatic carbocycles. The molecule has 9 heteroatoms. The Kier molecular flexibility index (Phi) is 5.41. The van der Waals surface area contributed by atoms with Crippen LogP contribution < -0.4 is 5.43 Å². The minimum absolute atomic E-state index is 0.00594. The molecule has 2 rings (SSSR count). The summed E-state index contributed by atoms with van der Waals surface area (Å²) in [6.07, 6.45) is 3.43. The minimum Gasteiger partial charge on any atom is -0.507 e. The molecular weight excluding hydrogens is 328 g/mol. The van der Waals surface area contributed by atoms with Gasteiger partial charge >= 0.3 is 5.69 Å². The number of nitrogens with one attached hydrogen (secondary N) is 1. The molecule has 0 aliphatic rings. The van der Waals surface area contributed by atoms with Crippen LogP contribution in [0.5, 0.6) is 5.75 Å². The number of nitro groups is 2. The van der Waals surface area contributed by atoms with Crippen molar-refractivity contribution in [3.8, 4) is 5.75 Å². The average molecular weight is 342 g/mol. The molecule has 0 amide bonds. The van der Waals surface area contributed by atoms with Crippen molar-refractivity contribution in [2.24, 2.45) is 5.10 Å². The van der Waals surface area contributed by atoms with Crippen LogP contribution in [0.3, 0.4) is 0 Å². The molecule has 0 atom stereocenters. The highest BCUT2D eigenvalue weighted by Gasteiger charge is 2.19. The molecule has 0 unspecified atom stereocenters. The lowest BCUT2D eigenvalue weighted by molar-refractivity contribution is -0.393. The van der Waals surface area contributed by atoms with E-state index in [0.717, 1.165) is 12.1 Å². The summed E-state index contributed by atoms with van der Waals surface area (Å²) in [5, 5.41) is 35.7. The zero-order valence-electron chi connectivity index (χ0n) is 13.0. The maximum absolute atomic E-state index is 11.0. The number of phenols is 1. The molecule has 0 saturated heterocycles. The number of hydrogen-bond acceptors (Lipinski definition) is 7.